The molecule has 0 aliphatic heterocycles. The highest BCUT2D eigenvalue weighted by Gasteiger charge is 2.09. The normalized spacial score (nSPS) is 9.50. The van der Waals surface area contributed by atoms with Crippen LogP contribution in [-0.4, -0.2) is 29.1 Å². The third kappa shape index (κ3) is 3.58. The van der Waals surface area contributed by atoms with E-state index in [0.717, 1.165) is 5.56 Å². The second kappa shape index (κ2) is 5.71. The first-order valence-electron chi connectivity index (χ1n) is 4.90. The summed E-state index contributed by atoms with van der Waals surface area (Å²) in [5.41, 5.74) is 1.03. The largest absolute Gasteiger partial charge is 0.481 e. The highest BCUT2D eigenvalue weighted by molar-refractivity contribution is 5.67. The lowest BCUT2D eigenvalue weighted by Gasteiger charge is -2.19. The van der Waals surface area contributed by atoms with E-state index in [1.807, 2.05) is 25.1 Å². The second-order valence-electron chi connectivity index (χ2n) is 3.41. The lowest BCUT2D eigenvalue weighted by atomic mass is 10.3. The van der Waals surface area contributed by atoms with E-state index in [0.29, 0.717) is 12.4 Å². The van der Waals surface area contributed by atoms with Crippen LogP contribution in [0.5, 0.6) is 0 Å². The van der Waals surface area contributed by atoms with Gasteiger partial charge in [-0.2, -0.15) is 5.26 Å². The van der Waals surface area contributed by atoms with Gasteiger partial charge < -0.3 is 10.0 Å². The van der Waals surface area contributed by atoms with Crippen molar-refractivity contribution in [1.29, 1.82) is 5.26 Å². The van der Waals surface area contributed by atoms with Crippen molar-refractivity contribution in [2.24, 2.45) is 0 Å². The Morgan fingerprint density at radius 3 is 3.00 bits per heavy atom. The molecule has 0 aromatic carbocycles. The van der Waals surface area contributed by atoms with Crippen molar-refractivity contribution in [3.8, 4) is 6.07 Å². The summed E-state index contributed by atoms with van der Waals surface area (Å²) in [7, 11) is 0. The molecule has 1 aromatic heterocycles. The van der Waals surface area contributed by atoms with Gasteiger partial charge in [0, 0.05) is 12.7 Å². The van der Waals surface area contributed by atoms with Crippen molar-refractivity contribution in [2.75, 3.05) is 18.0 Å². The first-order valence-corrected chi connectivity index (χ1v) is 4.90. The Kier molecular flexibility index (Phi) is 4.28. The van der Waals surface area contributed by atoms with Crippen LogP contribution in [0.25, 0.3) is 0 Å². The average Bonchev–Trinajstić information content (AvgIpc) is 2.24. The van der Waals surface area contributed by atoms with Gasteiger partial charge in [0.1, 0.15) is 12.4 Å². The van der Waals surface area contributed by atoms with Crippen molar-refractivity contribution >= 4 is 11.8 Å². The molecule has 0 unspecified atom stereocenters. The topological polar surface area (TPSA) is 77.2 Å². The summed E-state index contributed by atoms with van der Waals surface area (Å²) >= 11 is 0. The molecule has 1 aromatic rings. The molecule has 0 aliphatic rings. The summed E-state index contributed by atoms with van der Waals surface area (Å²) in [5.74, 6) is -0.238. The first-order chi connectivity index (χ1) is 7.63. The molecule has 0 saturated heterocycles. The number of nitriles is 1. The van der Waals surface area contributed by atoms with Gasteiger partial charge in [-0.3, -0.25) is 4.79 Å². The Labute approximate surface area is 93.9 Å². The molecule has 0 spiro atoms. The van der Waals surface area contributed by atoms with Gasteiger partial charge in [-0.05, 0) is 24.6 Å². The van der Waals surface area contributed by atoms with E-state index in [-0.39, 0.29) is 13.0 Å². The van der Waals surface area contributed by atoms with Crippen LogP contribution < -0.4 is 4.90 Å². The van der Waals surface area contributed by atoms with E-state index in [1.165, 1.54) is 0 Å². The summed E-state index contributed by atoms with van der Waals surface area (Å²) in [6.45, 7) is 2.36. The molecule has 0 amide bonds. The van der Waals surface area contributed by atoms with E-state index < -0.39 is 5.97 Å². The number of aromatic nitrogens is 1. The smallest absolute Gasteiger partial charge is 0.305 e. The number of carboxylic acid groups (broad SMARTS) is 1. The van der Waals surface area contributed by atoms with E-state index >= 15 is 0 Å². The molecule has 0 saturated carbocycles. The van der Waals surface area contributed by atoms with Gasteiger partial charge in [-0.25, -0.2) is 4.98 Å². The first kappa shape index (κ1) is 12.0. The molecule has 0 atom stereocenters. The zero-order chi connectivity index (χ0) is 12.0. The number of pyridine rings is 1. The molecule has 1 heterocycles. The molecule has 0 bridgehead atoms. The molecular weight excluding hydrogens is 206 g/mol. The van der Waals surface area contributed by atoms with Gasteiger partial charge in [-0.1, -0.05) is 0 Å². The number of rotatable bonds is 5. The summed E-state index contributed by atoms with van der Waals surface area (Å²) in [6, 6.07) is 5.69. The predicted molar refractivity (Wildman–Crippen MR) is 59.1 cm³/mol. The summed E-state index contributed by atoms with van der Waals surface area (Å²) in [5, 5.41) is 17.3. The van der Waals surface area contributed by atoms with Gasteiger partial charge in [0.25, 0.3) is 0 Å². The van der Waals surface area contributed by atoms with Crippen molar-refractivity contribution in [3.05, 3.63) is 23.9 Å². The maximum Gasteiger partial charge on any atom is 0.305 e. The third-order valence-electron chi connectivity index (χ3n) is 2.08. The van der Waals surface area contributed by atoms with Crippen LogP contribution in [0.4, 0.5) is 5.82 Å². The van der Waals surface area contributed by atoms with Crippen LogP contribution in [0.3, 0.4) is 0 Å². The third-order valence-corrected chi connectivity index (χ3v) is 2.08. The van der Waals surface area contributed by atoms with Crippen molar-refractivity contribution in [3.63, 3.8) is 0 Å². The van der Waals surface area contributed by atoms with Crippen molar-refractivity contribution in [1.82, 2.24) is 4.98 Å². The zero-order valence-electron chi connectivity index (χ0n) is 9.05. The number of nitrogens with zero attached hydrogens (tertiary/aromatic N) is 3. The SMILES string of the molecule is Cc1ccnc(N(CC#N)CCC(=O)O)c1. The number of anilines is 1. The van der Waals surface area contributed by atoms with E-state index in [9.17, 15) is 4.79 Å². The molecule has 1 rings (SSSR count). The maximum atomic E-state index is 10.5. The van der Waals surface area contributed by atoms with Gasteiger partial charge in [-0.15, -0.1) is 0 Å². The fourth-order valence-electron chi connectivity index (χ4n) is 1.28. The molecule has 5 nitrogen and oxygen atoms in total. The van der Waals surface area contributed by atoms with Crippen LogP contribution in [-0.2, 0) is 4.79 Å². The monoisotopic (exact) mass is 219 g/mol. The highest BCUT2D eigenvalue weighted by atomic mass is 16.4. The Balaban J connectivity index is 2.77. The molecule has 0 radical (unpaired) electrons. The summed E-state index contributed by atoms with van der Waals surface area (Å²) in [6.07, 6.45) is 1.65. The number of hydrogen-bond donors (Lipinski definition) is 1. The Morgan fingerprint density at radius 2 is 2.44 bits per heavy atom. The van der Waals surface area contributed by atoms with Gasteiger partial charge >= 0.3 is 5.97 Å². The van der Waals surface area contributed by atoms with Crippen LogP contribution in [0, 0.1) is 18.3 Å². The molecule has 1 N–H and O–H groups in total. The minimum atomic E-state index is -0.879. The predicted octanol–water partition coefficient (Wildman–Crippen LogP) is 1.19. The lowest BCUT2D eigenvalue weighted by Crippen LogP contribution is -2.27. The molecule has 84 valence electrons. The average molecular weight is 219 g/mol. The van der Waals surface area contributed by atoms with Crippen LogP contribution >= 0.6 is 0 Å². The lowest BCUT2D eigenvalue weighted by molar-refractivity contribution is -0.136. The summed E-state index contributed by atoms with van der Waals surface area (Å²) < 4.78 is 0. The number of aliphatic carboxylic acids is 1. The molecule has 0 fully saturated rings. The van der Waals surface area contributed by atoms with Crippen LogP contribution in [0.15, 0.2) is 18.3 Å². The number of aryl methyl sites for hydroxylation is 1. The number of hydrogen-bond acceptors (Lipinski definition) is 4. The van der Waals surface area contributed by atoms with Gasteiger partial charge in [0.05, 0.1) is 12.5 Å². The number of carbonyl (C=O) groups is 1. The van der Waals surface area contributed by atoms with E-state index in [2.05, 4.69) is 4.98 Å². The highest BCUT2D eigenvalue weighted by Crippen LogP contribution is 2.12. The fraction of sp³-hybridized carbons (Fsp3) is 0.364. The molecule has 5 heteroatoms. The zero-order valence-corrected chi connectivity index (χ0v) is 9.05. The Bertz CT molecular complexity index is 412. The number of carboxylic acids is 1. The fourth-order valence-corrected chi connectivity index (χ4v) is 1.28. The molecule has 0 aliphatic carbocycles. The van der Waals surface area contributed by atoms with Crippen molar-refractivity contribution < 1.29 is 9.90 Å². The molecular formula is C11H13N3O2. The molecule has 16 heavy (non-hydrogen) atoms. The quantitative estimate of drug-likeness (QED) is 0.753. The van der Waals surface area contributed by atoms with Crippen LogP contribution in [0.1, 0.15) is 12.0 Å². The van der Waals surface area contributed by atoms with Gasteiger partial charge in [0.2, 0.25) is 0 Å². The minimum Gasteiger partial charge on any atom is -0.481 e. The second-order valence-corrected chi connectivity index (χ2v) is 3.41. The van der Waals surface area contributed by atoms with Crippen molar-refractivity contribution in [2.45, 2.75) is 13.3 Å². The maximum absolute atomic E-state index is 10.5. The summed E-state index contributed by atoms with van der Waals surface area (Å²) in [4.78, 5) is 16.2. The minimum absolute atomic E-state index is 0.00268. The standard InChI is InChI=1S/C11H13N3O2/c1-9-2-5-13-10(8-9)14(7-4-12)6-3-11(15)16/h2,5,8H,3,6-7H2,1H3,(H,15,16). The van der Waals surface area contributed by atoms with Gasteiger partial charge in [0.15, 0.2) is 0 Å². The Hall–Kier alpha value is -2.09. The van der Waals surface area contributed by atoms with E-state index in [1.54, 1.807) is 11.1 Å². The van der Waals surface area contributed by atoms with E-state index in [4.69, 9.17) is 10.4 Å². The van der Waals surface area contributed by atoms with Crippen LogP contribution in [0.2, 0.25) is 0 Å². The Morgan fingerprint density at radius 1 is 1.69 bits per heavy atom.